The van der Waals surface area contributed by atoms with Crippen molar-refractivity contribution in [2.75, 3.05) is 0 Å². The van der Waals surface area contributed by atoms with E-state index in [9.17, 15) is 14.4 Å². The fraction of sp³-hybridized carbons (Fsp3) is 0.750. The van der Waals surface area contributed by atoms with Crippen molar-refractivity contribution < 1.29 is 14.4 Å². The van der Waals surface area contributed by atoms with Gasteiger partial charge in [0.15, 0.2) is 5.78 Å². The van der Waals surface area contributed by atoms with Gasteiger partial charge >= 0.3 is 0 Å². The van der Waals surface area contributed by atoms with E-state index in [-0.39, 0.29) is 23.0 Å². The zero-order chi connectivity index (χ0) is 18.3. The molecule has 0 aliphatic heterocycles. The van der Waals surface area contributed by atoms with E-state index in [1.807, 2.05) is 0 Å². The maximum Gasteiger partial charge on any atom is 0.260 e. The van der Waals surface area contributed by atoms with Crippen LogP contribution in [0.1, 0.15) is 64.7 Å². The second-order valence-electron chi connectivity index (χ2n) is 9.00. The Morgan fingerprint density at radius 2 is 1.69 bits per heavy atom. The van der Waals surface area contributed by atoms with Gasteiger partial charge in [-0.1, -0.05) is 0 Å². The molecular formula is C20H29N3O3. The van der Waals surface area contributed by atoms with Gasteiger partial charge in [-0.25, -0.2) is 0 Å². The van der Waals surface area contributed by atoms with Gasteiger partial charge in [0, 0.05) is 23.6 Å². The maximum absolute atomic E-state index is 13.0. The third-order valence-corrected chi connectivity index (χ3v) is 6.81. The molecule has 0 aromatic rings. The van der Waals surface area contributed by atoms with Crippen LogP contribution in [0.5, 0.6) is 0 Å². The Morgan fingerprint density at radius 3 is 2.27 bits per heavy atom. The van der Waals surface area contributed by atoms with E-state index in [4.69, 9.17) is 0 Å². The summed E-state index contributed by atoms with van der Waals surface area (Å²) >= 11 is 0. The highest BCUT2D eigenvalue weighted by Crippen LogP contribution is 2.60. The molecule has 142 valence electrons. The van der Waals surface area contributed by atoms with Gasteiger partial charge < -0.3 is 10.7 Å². The number of nitrogens with one attached hydrogen (secondary N) is 3. The highest BCUT2D eigenvalue weighted by molar-refractivity contribution is 5.91. The molecule has 0 saturated heterocycles. The minimum Gasteiger partial charge on any atom is -0.344 e. The predicted molar refractivity (Wildman–Crippen MR) is 96.4 cm³/mol. The first-order valence-corrected chi connectivity index (χ1v) is 10.0. The Balaban J connectivity index is 1.31. The van der Waals surface area contributed by atoms with Crippen LogP contribution in [-0.4, -0.2) is 23.6 Å². The van der Waals surface area contributed by atoms with Crippen LogP contribution in [0, 0.1) is 23.2 Å². The Hall–Kier alpha value is -1.85. The highest BCUT2D eigenvalue weighted by Gasteiger charge is 2.54. The molecule has 5 rings (SSSR count). The molecule has 0 radical (unpaired) electrons. The average molecular weight is 359 g/mol. The van der Waals surface area contributed by atoms with Gasteiger partial charge in [0.2, 0.25) is 5.91 Å². The highest BCUT2D eigenvalue weighted by atomic mass is 16.2. The lowest BCUT2D eigenvalue weighted by Crippen LogP contribution is -2.57. The number of rotatable bonds is 5. The molecule has 4 bridgehead atoms. The van der Waals surface area contributed by atoms with Crippen LogP contribution >= 0.6 is 0 Å². The summed E-state index contributed by atoms with van der Waals surface area (Å²) in [5.74, 6) is 1.97. The molecule has 0 aromatic carbocycles. The van der Waals surface area contributed by atoms with Crippen molar-refractivity contribution in [3.8, 4) is 0 Å². The number of hydrogen-bond donors (Lipinski definition) is 3. The summed E-state index contributed by atoms with van der Waals surface area (Å²) in [6, 6.07) is -0.595. The Morgan fingerprint density at radius 1 is 1.08 bits per heavy atom. The second-order valence-corrected chi connectivity index (χ2v) is 9.00. The normalized spacial score (nSPS) is 36.3. The van der Waals surface area contributed by atoms with Crippen molar-refractivity contribution in [2.24, 2.45) is 23.2 Å². The van der Waals surface area contributed by atoms with Gasteiger partial charge in [-0.15, -0.1) is 0 Å². The first kappa shape index (κ1) is 17.6. The Kier molecular flexibility index (Phi) is 4.53. The summed E-state index contributed by atoms with van der Waals surface area (Å²) in [6.07, 6.45) is 10.5. The fourth-order valence-corrected chi connectivity index (χ4v) is 5.94. The molecule has 0 spiro atoms. The number of hydrogen-bond acceptors (Lipinski definition) is 4. The van der Waals surface area contributed by atoms with Crippen molar-refractivity contribution in [3.05, 3.63) is 11.8 Å². The number of carbonyl (C=O) groups is 3. The quantitative estimate of drug-likeness (QED) is 0.655. The molecule has 5 aliphatic carbocycles. The van der Waals surface area contributed by atoms with Crippen molar-refractivity contribution in [2.45, 2.75) is 70.8 Å². The molecule has 6 nitrogen and oxygen atoms in total. The Bertz CT molecular complexity index is 619. The van der Waals surface area contributed by atoms with E-state index in [0.717, 1.165) is 37.8 Å². The van der Waals surface area contributed by atoms with Gasteiger partial charge in [0.05, 0.1) is 0 Å². The van der Waals surface area contributed by atoms with E-state index in [1.165, 1.54) is 19.3 Å². The van der Waals surface area contributed by atoms with E-state index in [0.29, 0.717) is 24.2 Å². The molecule has 0 aromatic heterocycles. The fourth-order valence-electron chi connectivity index (χ4n) is 5.94. The number of allylic oxidation sites excluding steroid dienone is 2. The van der Waals surface area contributed by atoms with E-state index in [2.05, 4.69) is 16.2 Å². The topological polar surface area (TPSA) is 87.3 Å². The monoisotopic (exact) mass is 359 g/mol. The third kappa shape index (κ3) is 3.38. The van der Waals surface area contributed by atoms with Crippen LogP contribution in [0.4, 0.5) is 0 Å². The van der Waals surface area contributed by atoms with E-state index < -0.39 is 6.04 Å². The summed E-state index contributed by atoms with van der Waals surface area (Å²) in [4.78, 5) is 36.7. The first-order valence-electron chi connectivity index (χ1n) is 10.0. The van der Waals surface area contributed by atoms with Crippen molar-refractivity contribution >= 4 is 17.6 Å². The van der Waals surface area contributed by atoms with Crippen LogP contribution < -0.4 is 16.2 Å². The third-order valence-electron chi connectivity index (χ3n) is 6.81. The molecule has 0 heterocycles. The van der Waals surface area contributed by atoms with Gasteiger partial charge in [0.25, 0.3) is 5.91 Å². The van der Waals surface area contributed by atoms with Gasteiger partial charge in [-0.3, -0.25) is 19.8 Å². The molecule has 5 aliphatic rings. The molecule has 26 heavy (non-hydrogen) atoms. The molecule has 2 amide bonds. The van der Waals surface area contributed by atoms with Crippen LogP contribution in [-0.2, 0) is 14.4 Å². The maximum atomic E-state index is 13.0. The van der Waals surface area contributed by atoms with Crippen molar-refractivity contribution in [1.29, 1.82) is 0 Å². The molecule has 4 fully saturated rings. The Labute approximate surface area is 154 Å². The van der Waals surface area contributed by atoms with Crippen LogP contribution in [0.2, 0.25) is 0 Å². The standard InChI is InChI=1S/C20H29N3O3/c1-12(18(25)23-22-16-3-2-4-17(24)8-16)21-19(26)20-9-13-5-14(10-20)7-15(6-13)11-20/h8,12-15,22H,2-7,9-11H2,1H3,(H,21,26)(H,23,25). The number of carbonyl (C=O) groups excluding carboxylic acids is 3. The lowest BCUT2D eigenvalue weighted by molar-refractivity contribution is -0.148. The number of hydrazine groups is 1. The summed E-state index contributed by atoms with van der Waals surface area (Å²) in [5, 5.41) is 2.96. The average Bonchev–Trinajstić information content (AvgIpc) is 2.58. The van der Waals surface area contributed by atoms with E-state index in [1.54, 1.807) is 13.0 Å². The number of ketones is 1. The predicted octanol–water partition coefficient (Wildman–Crippen LogP) is 1.97. The molecule has 1 atom stereocenters. The lowest BCUT2D eigenvalue weighted by Gasteiger charge is -2.55. The first-order chi connectivity index (χ1) is 12.4. The number of amides is 2. The SMILES string of the molecule is CC(NC(=O)C12CC3CC(CC(C3)C1)C2)C(=O)NNC1=CC(=O)CCC1. The van der Waals surface area contributed by atoms with Crippen molar-refractivity contribution in [1.82, 2.24) is 16.2 Å². The van der Waals surface area contributed by atoms with Gasteiger partial charge in [-0.2, -0.15) is 0 Å². The van der Waals surface area contributed by atoms with Crippen molar-refractivity contribution in [3.63, 3.8) is 0 Å². The summed E-state index contributed by atoms with van der Waals surface area (Å²) in [7, 11) is 0. The molecule has 6 heteroatoms. The van der Waals surface area contributed by atoms with Gasteiger partial charge in [-0.05, 0) is 76.0 Å². The molecular weight excluding hydrogens is 330 g/mol. The summed E-state index contributed by atoms with van der Waals surface area (Å²) in [6.45, 7) is 1.72. The molecule has 1 unspecified atom stereocenters. The van der Waals surface area contributed by atoms with Crippen LogP contribution in [0.15, 0.2) is 11.8 Å². The molecule has 3 N–H and O–H groups in total. The zero-order valence-electron chi connectivity index (χ0n) is 15.5. The second kappa shape index (κ2) is 6.71. The van der Waals surface area contributed by atoms with Crippen LogP contribution in [0.25, 0.3) is 0 Å². The van der Waals surface area contributed by atoms with Crippen LogP contribution in [0.3, 0.4) is 0 Å². The summed E-state index contributed by atoms with van der Waals surface area (Å²) < 4.78 is 0. The van der Waals surface area contributed by atoms with Gasteiger partial charge in [0.1, 0.15) is 6.04 Å². The summed E-state index contributed by atoms with van der Waals surface area (Å²) in [5.41, 5.74) is 5.95. The molecule has 4 saturated carbocycles. The minimum absolute atomic E-state index is 0.0614. The zero-order valence-corrected chi connectivity index (χ0v) is 15.5. The van der Waals surface area contributed by atoms with E-state index >= 15 is 0 Å². The smallest absolute Gasteiger partial charge is 0.260 e. The largest absolute Gasteiger partial charge is 0.344 e. The lowest BCUT2D eigenvalue weighted by atomic mass is 9.49. The minimum atomic E-state index is -0.595.